The van der Waals surface area contributed by atoms with Gasteiger partial charge < -0.3 is 4.90 Å². The SMILES string of the molecule is CC.CC(C)C.CN1CCCC1. The van der Waals surface area contributed by atoms with Crippen LogP contribution in [0.3, 0.4) is 0 Å². The Hall–Kier alpha value is -0.0400. The largest absolute Gasteiger partial charge is 0.306 e. The minimum Gasteiger partial charge on any atom is -0.306 e. The van der Waals surface area contributed by atoms with Crippen molar-refractivity contribution >= 4 is 0 Å². The summed E-state index contributed by atoms with van der Waals surface area (Å²) < 4.78 is 0. The minimum atomic E-state index is 0.833. The molecule has 0 unspecified atom stereocenters. The average molecular weight is 173 g/mol. The van der Waals surface area contributed by atoms with Gasteiger partial charge in [-0.05, 0) is 38.9 Å². The molecule has 0 saturated carbocycles. The van der Waals surface area contributed by atoms with E-state index in [1.54, 1.807) is 0 Å². The van der Waals surface area contributed by atoms with Crippen molar-refractivity contribution in [3.63, 3.8) is 0 Å². The molecule has 0 radical (unpaired) electrons. The topological polar surface area (TPSA) is 3.24 Å². The lowest BCUT2D eigenvalue weighted by Crippen LogP contribution is -2.10. The predicted octanol–water partition coefficient (Wildman–Crippen LogP) is 3.40. The molecular formula is C11H27N. The van der Waals surface area contributed by atoms with Crippen LogP contribution < -0.4 is 0 Å². The summed E-state index contributed by atoms with van der Waals surface area (Å²) in [7, 11) is 2.17. The van der Waals surface area contributed by atoms with Gasteiger partial charge >= 0.3 is 0 Å². The molecule has 0 spiro atoms. The second kappa shape index (κ2) is 11.0. The normalized spacial score (nSPS) is 16.2. The Morgan fingerprint density at radius 2 is 1.17 bits per heavy atom. The van der Waals surface area contributed by atoms with Crippen LogP contribution in [-0.4, -0.2) is 25.0 Å². The molecule has 1 aliphatic heterocycles. The van der Waals surface area contributed by atoms with Crippen molar-refractivity contribution in [3.8, 4) is 0 Å². The molecular weight excluding hydrogens is 146 g/mol. The second-order valence-corrected chi connectivity index (χ2v) is 3.74. The van der Waals surface area contributed by atoms with Gasteiger partial charge in [0, 0.05) is 0 Å². The second-order valence-electron chi connectivity index (χ2n) is 3.74. The molecule has 0 atom stereocenters. The molecule has 0 aromatic heterocycles. The first-order chi connectivity index (χ1) is 5.63. The molecule has 76 valence electrons. The molecule has 0 bridgehead atoms. The Labute approximate surface area is 79.2 Å². The van der Waals surface area contributed by atoms with Crippen LogP contribution in [0.4, 0.5) is 0 Å². The van der Waals surface area contributed by atoms with E-state index in [9.17, 15) is 0 Å². The molecule has 0 aromatic rings. The molecule has 1 fully saturated rings. The average Bonchev–Trinajstić information content (AvgIpc) is 2.43. The van der Waals surface area contributed by atoms with Gasteiger partial charge in [-0.1, -0.05) is 34.6 Å². The summed E-state index contributed by atoms with van der Waals surface area (Å²) in [6.45, 7) is 13.1. The van der Waals surface area contributed by atoms with Crippen LogP contribution in [-0.2, 0) is 0 Å². The van der Waals surface area contributed by atoms with Crippen LogP contribution in [0.5, 0.6) is 0 Å². The zero-order valence-electron chi connectivity index (χ0n) is 9.85. The third-order valence-corrected chi connectivity index (χ3v) is 1.33. The zero-order valence-corrected chi connectivity index (χ0v) is 9.85. The van der Waals surface area contributed by atoms with Gasteiger partial charge in [0.1, 0.15) is 0 Å². The third-order valence-electron chi connectivity index (χ3n) is 1.33. The van der Waals surface area contributed by atoms with Crippen molar-refractivity contribution in [1.82, 2.24) is 4.90 Å². The molecule has 0 aliphatic carbocycles. The molecule has 1 rings (SSSR count). The van der Waals surface area contributed by atoms with Crippen LogP contribution in [0.2, 0.25) is 0 Å². The number of hydrogen-bond donors (Lipinski definition) is 0. The number of nitrogens with zero attached hydrogens (tertiary/aromatic N) is 1. The van der Waals surface area contributed by atoms with Gasteiger partial charge in [0.25, 0.3) is 0 Å². The van der Waals surface area contributed by atoms with E-state index in [-0.39, 0.29) is 0 Å². The Morgan fingerprint density at radius 1 is 0.917 bits per heavy atom. The summed E-state index contributed by atoms with van der Waals surface area (Å²) in [6.07, 6.45) is 2.83. The lowest BCUT2D eigenvalue weighted by atomic mass is 10.3. The highest BCUT2D eigenvalue weighted by molar-refractivity contribution is 4.59. The van der Waals surface area contributed by atoms with Gasteiger partial charge in [0.05, 0.1) is 0 Å². The summed E-state index contributed by atoms with van der Waals surface area (Å²) in [5.74, 6) is 0.833. The van der Waals surface area contributed by atoms with Crippen molar-refractivity contribution in [1.29, 1.82) is 0 Å². The van der Waals surface area contributed by atoms with Gasteiger partial charge in [-0.15, -0.1) is 0 Å². The molecule has 1 aliphatic rings. The fraction of sp³-hybridized carbons (Fsp3) is 1.00. The zero-order chi connectivity index (χ0) is 9.98. The van der Waals surface area contributed by atoms with Gasteiger partial charge in [0.2, 0.25) is 0 Å². The van der Waals surface area contributed by atoms with Crippen molar-refractivity contribution in [2.75, 3.05) is 20.1 Å². The highest BCUT2D eigenvalue weighted by atomic mass is 15.1. The van der Waals surface area contributed by atoms with E-state index in [4.69, 9.17) is 0 Å². The highest BCUT2D eigenvalue weighted by Gasteiger charge is 2.03. The molecule has 12 heavy (non-hydrogen) atoms. The first-order valence-corrected chi connectivity index (χ1v) is 5.31. The van der Waals surface area contributed by atoms with Crippen molar-refractivity contribution < 1.29 is 0 Å². The number of likely N-dealkylation sites (tertiary alicyclic amines) is 1. The fourth-order valence-corrected chi connectivity index (χ4v) is 0.875. The van der Waals surface area contributed by atoms with E-state index in [0.29, 0.717) is 0 Å². The van der Waals surface area contributed by atoms with Gasteiger partial charge in [-0.3, -0.25) is 0 Å². The Kier molecular flexibility index (Phi) is 13.2. The molecule has 1 nitrogen and oxygen atoms in total. The third kappa shape index (κ3) is 16.5. The minimum absolute atomic E-state index is 0.833. The molecule has 0 N–H and O–H groups in total. The quantitative estimate of drug-likeness (QED) is 0.542. The van der Waals surface area contributed by atoms with E-state index in [1.165, 1.54) is 25.9 Å². The monoisotopic (exact) mass is 173 g/mol. The summed E-state index contributed by atoms with van der Waals surface area (Å²) in [6, 6.07) is 0. The van der Waals surface area contributed by atoms with Crippen LogP contribution in [0.1, 0.15) is 47.5 Å². The Morgan fingerprint density at radius 3 is 1.25 bits per heavy atom. The van der Waals surface area contributed by atoms with E-state index in [0.717, 1.165) is 5.92 Å². The summed E-state index contributed by atoms with van der Waals surface area (Å²) in [4.78, 5) is 2.36. The highest BCUT2D eigenvalue weighted by Crippen LogP contribution is 2.02. The Bertz CT molecular complexity index is 60.6. The van der Waals surface area contributed by atoms with E-state index in [2.05, 4.69) is 32.7 Å². The van der Waals surface area contributed by atoms with Gasteiger partial charge in [0.15, 0.2) is 0 Å². The smallest absolute Gasteiger partial charge is 0.00213 e. The number of hydrogen-bond acceptors (Lipinski definition) is 1. The van der Waals surface area contributed by atoms with Crippen LogP contribution in [0.25, 0.3) is 0 Å². The standard InChI is InChI=1S/C5H11N.C4H10.C2H6/c1-6-4-2-3-5-6;1-4(2)3;1-2/h2-5H2,1H3;4H,1-3H3;1-2H3. The lowest BCUT2D eigenvalue weighted by Gasteiger charge is -2.01. The van der Waals surface area contributed by atoms with Gasteiger partial charge in [-0.2, -0.15) is 0 Å². The van der Waals surface area contributed by atoms with Crippen LogP contribution in [0, 0.1) is 5.92 Å². The van der Waals surface area contributed by atoms with E-state index < -0.39 is 0 Å². The maximum absolute atomic E-state index is 2.36. The molecule has 1 heterocycles. The first-order valence-electron chi connectivity index (χ1n) is 5.31. The molecule has 0 amide bonds. The summed E-state index contributed by atoms with van der Waals surface area (Å²) >= 11 is 0. The van der Waals surface area contributed by atoms with Crippen molar-refractivity contribution in [2.45, 2.75) is 47.5 Å². The van der Waals surface area contributed by atoms with E-state index >= 15 is 0 Å². The Balaban J connectivity index is 0. The molecule has 1 heteroatoms. The van der Waals surface area contributed by atoms with Crippen molar-refractivity contribution in [3.05, 3.63) is 0 Å². The van der Waals surface area contributed by atoms with Gasteiger partial charge in [-0.25, -0.2) is 0 Å². The number of rotatable bonds is 0. The van der Waals surface area contributed by atoms with E-state index in [1.807, 2.05) is 13.8 Å². The lowest BCUT2D eigenvalue weighted by molar-refractivity contribution is 0.418. The van der Waals surface area contributed by atoms with Crippen molar-refractivity contribution in [2.24, 2.45) is 5.92 Å². The maximum Gasteiger partial charge on any atom is -0.00213 e. The summed E-state index contributed by atoms with van der Waals surface area (Å²) in [5, 5.41) is 0. The summed E-state index contributed by atoms with van der Waals surface area (Å²) in [5.41, 5.74) is 0. The predicted molar refractivity (Wildman–Crippen MR) is 58.6 cm³/mol. The molecule has 0 aromatic carbocycles. The van der Waals surface area contributed by atoms with Crippen LogP contribution >= 0.6 is 0 Å². The fourth-order valence-electron chi connectivity index (χ4n) is 0.875. The first kappa shape index (κ1) is 14.5. The maximum atomic E-state index is 2.36. The van der Waals surface area contributed by atoms with Crippen LogP contribution in [0.15, 0.2) is 0 Å². The molecule has 1 saturated heterocycles.